The molecular formula is C19H26N4O3. The van der Waals surface area contributed by atoms with Crippen molar-refractivity contribution in [3.63, 3.8) is 0 Å². The van der Waals surface area contributed by atoms with Gasteiger partial charge in [-0.1, -0.05) is 25.7 Å². The van der Waals surface area contributed by atoms with E-state index in [1.54, 1.807) is 17.3 Å². The van der Waals surface area contributed by atoms with Gasteiger partial charge in [-0.15, -0.1) is 0 Å². The number of rotatable bonds is 5. The van der Waals surface area contributed by atoms with Crippen LogP contribution in [0.5, 0.6) is 0 Å². The summed E-state index contributed by atoms with van der Waals surface area (Å²) in [7, 11) is 0. The van der Waals surface area contributed by atoms with Crippen LogP contribution in [0.2, 0.25) is 0 Å². The van der Waals surface area contributed by atoms with Gasteiger partial charge in [0.25, 0.3) is 0 Å². The molecule has 2 aliphatic rings. The van der Waals surface area contributed by atoms with E-state index in [-0.39, 0.29) is 18.2 Å². The molecule has 1 aromatic heterocycles. The highest BCUT2D eigenvalue weighted by Crippen LogP contribution is 2.28. The Morgan fingerprint density at radius 1 is 1.19 bits per heavy atom. The number of nitrogens with one attached hydrogen (secondary N) is 1. The number of likely N-dealkylation sites (tertiary alicyclic amines) is 1. The second-order valence-corrected chi connectivity index (χ2v) is 7.38. The Bertz CT molecular complexity index is 669. The Balaban J connectivity index is 1.64. The van der Waals surface area contributed by atoms with Crippen molar-refractivity contribution in [1.82, 2.24) is 15.2 Å². The average Bonchev–Trinajstić information content (AvgIpc) is 2.83. The van der Waals surface area contributed by atoms with E-state index < -0.39 is 17.4 Å². The van der Waals surface area contributed by atoms with Crippen LogP contribution in [-0.4, -0.2) is 39.7 Å². The fraction of sp³-hybridized carbons (Fsp3) is 0.579. The summed E-state index contributed by atoms with van der Waals surface area (Å²) in [4.78, 5) is 42.8. The van der Waals surface area contributed by atoms with Gasteiger partial charge in [-0.3, -0.25) is 19.4 Å². The van der Waals surface area contributed by atoms with E-state index in [4.69, 9.17) is 5.73 Å². The number of aromatic nitrogens is 1. The van der Waals surface area contributed by atoms with Gasteiger partial charge in [-0.2, -0.15) is 0 Å². The smallest absolute Gasteiger partial charge is 0.243 e. The molecule has 7 nitrogen and oxygen atoms in total. The van der Waals surface area contributed by atoms with E-state index in [2.05, 4.69) is 10.3 Å². The summed E-state index contributed by atoms with van der Waals surface area (Å²) in [5.74, 6) is -1.19. The van der Waals surface area contributed by atoms with Gasteiger partial charge in [-0.25, -0.2) is 0 Å². The van der Waals surface area contributed by atoms with Gasteiger partial charge < -0.3 is 16.0 Å². The highest BCUT2D eigenvalue weighted by atomic mass is 16.2. The zero-order valence-corrected chi connectivity index (χ0v) is 14.9. The molecule has 1 aliphatic heterocycles. The van der Waals surface area contributed by atoms with Crippen LogP contribution < -0.4 is 11.1 Å². The zero-order valence-electron chi connectivity index (χ0n) is 14.9. The first-order valence-electron chi connectivity index (χ1n) is 9.29. The van der Waals surface area contributed by atoms with Gasteiger partial charge in [0.1, 0.15) is 5.54 Å². The van der Waals surface area contributed by atoms with E-state index >= 15 is 0 Å². The standard InChI is InChI=1S/C19H26N4O3/c20-18(26)19(7-3-1-2-4-8-19)22-17(25)15-11-16(24)23(13-15)12-14-5-9-21-10-6-14/h5-6,9-10,15H,1-4,7-8,11-13H2,(H2,20,26)(H,22,25)/t15-/m1/s1. The number of nitrogens with zero attached hydrogens (tertiary/aromatic N) is 2. The lowest BCUT2D eigenvalue weighted by atomic mass is 9.88. The number of nitrogens with two attached hydrogens (primary N) is 1. The fourth-order valence-corrected chi connectivity index (χ4v) is 3.91. The van der Waals surface area contributed by atoms with Gasteiger partial charge in [0.05, 0.1) is 5.92 Å². The molecule has 0 bridgehead atoms. The number of hydrogen-bond acceptors (Lipinski definition) is 4. The van der Waals surface area contributed by atoms with Crippen LogP contribution >= 0.6 is 0 Å². The second kappa shape index (κ2) is 7.85. The lowest BCUT2D eigenvalue weighted by Crippen LogP contribution is -2.58. The molecule has 3 N–H and O–H groups in total. The molecule has 1 aromatic rings. The molecule has 3 rings (SSSR count). The third-order valence-electron chi connectivity index (χ3n) is 5.50. The van der Waals surface area contributed by atoms with Crippen LogP contribution in [0.3, 0.4) is 0 Å². The first-order chi connectivity index (χ1) is 12.5. The van der Waals surface area contributed by atoms with Crippen molar-refractivity contribution >= 4 is 17.7 Å². The minimum Gasteiger partial charge on any atom is -0.368 e. The topological polar surface area (TPSA) is 105 Å². The highest BCUT2D eigenvalue weighted by Gasteiger charge is 2.42. The summed E-state index contributed by atoms with van der Waals surface area (Å²) < 4.78 is 0. The minimum absolute atomic E-state index is 0.0454. The maximum absolute atomic E-state index is 12.8. The second-order valence-electron chi connectivity index (χ2n) is 7.38. The first kappa shape index (κ1) is 18.4. The lowest BCUT2D eigenvalue weighted by Gasteiger charge is -2.31. The predicted octanol–water partition coefficient (Wildman–Crippen LogP) is 1.12. The molecule has 0 aromatic carbocycles. The number of hydrogen-bond donors (Lipinski definition) is 2. The highest BCUT2D eigenvalue weighted by molar-refractivity contribution is 5.94. The summed E-state index contributed by atoms with van der Waals surface area (Å²) in [5.41, 5.74) is 5.65. The van der Waals surface area contributed by atoms with Crippen molar-refractivity contribution < 1.29 is 14.4 Å². The van der Waals surface area contributed by atoms with Gasteiger partial charge in [0.15, 0.2) is 0 Å². The Hall–Kier alpha value is -2.44. The van der Waals surface area contributed by atoms with Crippen molar-refractivity contribution in [2.45, 2.75) is 57.0 Å². The molecule has 0 unspecified atom stereocenters. The quantitative estimate of drug-likeness (QED) is 0.770. The first-order valence-corrected chi connectivity index (χ1v) is 9.29. The van der Waals surface area contributed by atoms with Crippen molar-refractivity contribution in [3.05, 3.63) is 30.1 Å². The van der Waals surface area contributed by atoms with Crippen LogP contribution in [0.1, 0.15) is 50.5 Å². The van der Waals surface area contributed by atoms with Crippen LogP contribution in [0.15, 0.2) is 24.5 Å². The largest absolute Gasteiger partial charge is 0.368 e. The van der Waals surface area contributed by atoms with Gasteiger partial charge in [-0.05, 0) is 30.5 Å². The predicted molar refractivity (Wildman–Crippen MR) is 95.5 cm³/mol. The fourth-order valence-electron chi connectivity index (χ4n) is 3.91. The Morgan fingerprint density at radius 3 is 2.46 bits per heavy atom. The SMILES string of the molecule is NC(=O)C1(NC(=O)[C@@H]2CC(=O)N(Cc3ccncc3)C2)CCCCCC1. The minimum atomic E-state index is -0.963. The Kier molecular flexibility index (Phi) is 5.54. The van der Waals surface area contributed by atoms with Crippen LogP contribution in [0, 0.1) is 5.92 Å². The number of primary amides is 1. The van der Waals surface area contributed by atoms with Crippen molar-refractivity contribution in [1.29, 1.82) is 0 Å². The number of carbonyl (C=O) groups excluding carboxylic acids is 3. The molecule has 2 heterocycles. The Morgan fingerprint density at radius 2 is 1.85 bits per heavy atom. The molecular weight excluding hydrogens is 332 g/mol. The molecule has 1 saturated carbocycles. The van der Waals surface area contributed by atoms with E-state index in [0.29, 0.717) is 25.9 Å². The molecule has 140 valence electrons. The maximum Gasteiger partial charge on any atom is 0.243 e. The molecule has 1 saturated heterocycles. The molecule has 3 amide bonds. The molecule has 0 spiro atoms. The van der Waals surface area contributed by atoms with Crippen molar-refractivity contribution in [2.24, 2.45) is 11.7 Å². The van der Waals surface area contributed by atoms with E-state index in [0.717, 1.165) is 31.2 Å². The summed E-state index contributed by atoms with van der Waals surface area (Å²) in [5, 5.41) is 2.92. The van der Waals surface area contributed by atoms with E-state index in [1.807, 2.05) is 12.1 Å². The van der Waals surface area contributed by atoms with E-state index in [9.17, 15) is 14.4 Å². The number of carbonyl (C=O) groups is 3. The van der Waals surface area contributed by atoms with Crippen LogP contribution in [0.4, 0.5) is 0 Å². The molecule has 26 heavy (non-hydrogen) atoms. The lowest BCUT2D eigenvalue weighted by molar-refractivity contribution is -0.134. The zero-order chi connectivity index (χ0) is 18.6. The van der Waals surface area contributed by atoms with Gasteiger partial charge >= 0.3 is 0 Å². The van der Waals surface area contributed by atoms with E-state index in [1.165, 1.54) is 0 Å². The monoisotopic (exact) mass is 358 g/mol. The summed E-state index contributed by atoms with van der Waals surface area (Å²) in [6.07, 6.45) is 8.54. The summed E-state index contributed by atoms with van der Waals surface area (Å²) >= 11 is 0. The normalized spacial score (nSPS) is 22.7. The number of amides is 3. The third kappa shape index (κ3) is 4.03. The molecule has 7 heteroatoms. The maximum atomic E-state index is 12.8. The van der Waals surface area contributed by atoms with Crippen molar-refractivity contribution in [2.75, 3.05) is 6.54 Å². The third-order valence-corrected chi connectivity index (χ3v) is 5.50. The summed E-state index contributed by atoms with van der Waals surface area (Å²) in [6.45, 7) is 0.827. The molecule has 1 atom stereocenters. The molecule has 1 aliphatic carbocycles. The number of pyridine rings is 1. The van der Waals surface area contributed by atoms with Gasteiger partial charge in [0.2, 0.25) is 17.7 Å². The Labute approximate surface area is 153 Å². The van der Waals surface area contributed by atoms with Crippen LogP contribution in [0.25, 0.3) is 0 Å². The molecule has 0 radical (unpaired) electrons. The van der Waals surface area contributed by atoms with Crippen LogP contribution in [-0.2, 0) is 20.9 Å². The van der Waals surface area contributed by atoms with Gasteiger partial charge in [0, 0.05) is 31.9 Å². The summed E-state index contributed by atoms with van der Waals surface area (Å²) in [6, 6.07) is 3.71. The molecule has 2 fully saturated rings. The average molecular weight is 358 g/mol. The van der Waals surface area contributed by atoms with Crippen molar-refractivity contribution in [3.8, 4) is 0 Å².